The number of H-pyrrole nitrogens is 1. The number of aromatic nitrogens is 2. The number of hydrogen-bond acceptors (Lipinski definition) is 3. The number of amides is 1. The van der Waals surface area contributed by atoms with Crippen molar-refractivity contribution < 1.29 is 9.90 Å². The highest BCUT2D eigenvalue weighted by Gasteiger charge is 2.17. The van der Waals surface area contributed by atoms with Crippen LogP contribution < -0.4 is 5.32 Å². The molecule has 0 aliphatic heterocycles. The van der Waals surface area contributed by atoms with Gasteiger partial charge in [-0.1, -0.05) is 13.8 Å². The van der Waals surface area contributed by atoms with E-state index in [2.05, 4.69) is 15.5 Å². The van der Waals surface area contributed by atoms with Crippen molar-refractivity contribution in [2.45, 2.75) is 20.3 Å². The first kappa shape index (κ1) is 11.7. The van der Waals surface area contributed by atoms with Gasteiger partial charge in [-0.25, -0.2) is 0 Å². The molecule has 0 radical (unpaired) electrons. The number of hydrogen-bond donors (Lipinski definition) is 3. The Labute approximate surface area is 88.9 Å². The lowest BCUT2D eigenvalue weighted by Crippen LogP contribution is -2.36. The first-order valence-corrected chi connectivity index (χ1v) is 4.89. The number of aromatic amines is 1. The smallest absolute Gasteiger partial charge is 0.226 e. The highest BCUT2D eigenvalue weighted by molar-refractivity contribution is 5.78. The van der Waals surface area contributed by atoms with Gasteiger partial charge in [0.05, 0.1) is 6.42 Å². The normalized spacial score (nSPS) is 11.4. The van der Waals surface area contributed by atoms with Gasteiger partial charge in [-0.3, -0.25) is 9.89 Å². The summed E-state index contributed by atoms with van der Waals surface area (Å²) in [4.78, 5) is 11.4. The fraction of sp³-hybridized carbons (Fsp3) is 0.600. The molecule has 0 spiro atoms. The molecule has 5 nitrogen and oxygen atoms in total. The Kier molecular flexibility index (Phi) is 3.85. The van der Waals surface area contributed by atoms with Crippen molar-refractivity contribution in [2.24, 2.45) is 5.41 Å². The number of carbonyl (C=O) groups excluding carboxylic acids is 1. The Morgan fingerprint density at radius 1 is 1.67 bits per heavy atom. The van der Waals surface area contributed by atoms with Crippen molar-refractivity contribution in [3.05, 3.63) is 18.0 Å². The third-order valence-electron chi connectivity index (χ3n) is 2.10. The third kappa shape index (κ3) is 4.12. The molecule has 3 N–H and O–H groups in total. The van der Waals surface area contributed by atoms with E-state index in [0.29, 0.717) is 13.0 Å². The third-order valence-corrected chi connectivity index (χ3v) is 2.10. The van der Waals surface area contributed by atoms with E-state index in [-0.39, 0.29) is 17.9 Å². The predicted molar refractivity (Wildman–Crippen MR) is 56.2 cm³/mol. The summed E-state index contributed by atoms with van der Waals surface area (Å²) in [5, 5.41) is 18.2. The topological polar surface area (TPSA) is 78.0 Å². The fourth-order valence-electron chi connectivity index (χ4n) is 1.01. The molecule has 0 saturated heterocycles. The highest BCUT2D eigenvalue weighted by Crippen LogP contribution is 2.11. The van der Waals surface area contributed by atoms with Gasteiger partial charge in [0.1, 0.15) is 0 Å². The zero-order chi connectivity index (χ0) is 11.3. The van der Waals surface area contributed by atoms with Gasteiger partial charge in [0.15, 0.2) is 0 Å². The lowest BCUT2D eigenvalue weighted by atomic mass is 9.95. The summed E-state index contributed by atoms with van der Waals surface area (Å²) in [5.74, 6) is -0.0687. The Morgan fingerprint density at radius 2 is 2.40 bits per heavy atom. The second-order valence-corrected chi connectivity index (χ2v) is 4.36. The van der Waals surface area contributed by atoms with Crippen molar-refractivity contribution >= 4 is 5.91 Å². The second-order valence-electron chi connectivity index (χ2n) is 4.36. The van der Waals surface area contributed by atoms with Crippen molar-refractivity contribution in [1.82, 2.24) is 15.5 Å². The average molecular weight is 211 g/mol. The van der Waals surface area contributed by atoms with E-state index < -0.39 is 0 Å². The maximum Gasteiger partial charge on any atom is 0.226 e. The number of aliphatic hydroxyl groups is 1. The quantitative estimate of drug-likeness (QED) is 0.645. The zero-order valence-corrected chi connectivity index (χ0v) is 9.08. The first-order chi connectivity index (χ1) is 7.03. The van der Waals surface area contributed by atoms with Gasteiger partial charge in [-0.15, -0.1) is 0 Å². The summed E-state index contributed by atoms with van der Waals surface area (Å²) in [6.45, 7) is 4.31. The predicted octanol–water partition coefficient (Wildman–Crippen LogP) is 0.0869. The first-order valence-electron chi connectivity index (χ1n) is 4.89. The van der Waals surface area contributed by atoms with Gasteiger partial charge in [0.2, 0.25) is 5.91 Å². The van der Waals surface area contributed by atoms with Gasteiger partial charge in [0.25, 0.3) is 0 Å². The van der Waals surface area contributed by atoms with Gasteiger partial charge in [0, 0.05) is 30.5 Å². The lowest BCUT2D eigenvalue weighted by molar-refractivity contribution is -0.121. The van der Waals surface area contributed by atoms with Crippen LogP contribution in [0.5, 0.6) is 0 Å². The molecule has 1 rings (SSSR count). The molecule has 0 bridgehead atoms. The molecule has 1 aromatic rings. The Bertz CT molecular complexity index is 306. The summed E-state index contributed by atoms with van der Waals surface area (Å²) >= 11 is 0. The highest BCUT2D eigenvalue weighted by atomic mass is 16.3. The minimum absolute atomic E-state index is 0.0529. The lowest BCUT2D eigenvalue weighted by Gasteiger charge is -2.21. The average Bonchev–Trinajstić information content (AvgIpc) is 2.68. The van der Waals surface area contributed by atoms with E-state index >= 15 is 0 Å². The Morgan fingerprint density at radius 3 is 2.93 bits per heavy atom. The summed E-state index contributed by atoms with van der Waals surface area (Å²) in [7, 11) is 0. The van der Waals surface area contributed by atoms with E-state index in [0.717, 1.165) is 5.69 Å². The van der Waals surface area contributed by atoms with E-state index in [1.54, 1.807) is 12.3 Å². The molecule has 0 fully saturated rings. The van der Waals surface area contributed by atoms with E-state index in [1.165, 1.54) is 0 Å². The Balaban J connectivity index is 2.31. The van der Waals surface area contributed by atoms with Crippen LogP contribution in [0.4, 0.5) is 0 Å². The maximum absolute atomic E-state index is 11.4. The molecule has 0 unspecified atom stereocenters. The maximum atomic E-state index is 11.4. The summed E-state index contributed by atoms with van der Waals surface area (Å²) in [6, 6.07) is 1.76. The molecule has 0 aromatic carbocycles. The van der Waals surface area contributed by atoms with Crippen molar-refractivity contribution in [2.75, 3.05) is 13.2 Å². The van der Waals surface area contributed by atoms with Crippen LogP contribution in [0.1, 0.15) is 19.5 Å². The molecular formula is C10H17N3O2. The SMILES string of the molecule is CC(C)(CO)CNC(=O)Cc1ccn[nH]1. The van der Waals surface area contributed by atoms with E-state index in [1.807, 2.05) is 13.8 Å². The van der Waals surface area contributed by atoms with Crippen LogP contribution in [-0.4, -0.2) is 34.4 Å². The van der Waals surface area contributed by atoms with E-state index in [4.69, 9.17) is 5.11 Å². The standard InChI is InChI=1S/C10H17N3O2/c1-10(2,7-14)6-11-9(15)5-8-3-4-12-13-8/h3-4,14H,5-7H2,1-2H3,(H,11,15)(H,12,13). The van der Waals surface area contributed by atoms with Crippen LogP contribution in [0, 0.1) is 5.41 Å². The van der Waals surface area contributed by atoms with Crippen LogP contribution in [-0.2, 0) is 11.2 Å². The molecule has 1 aromatic heterocycles. The minimum Gasteiger partial charge on any atom is -0.396 e. The van der Waals surface area contributed by atoms with Crippen molar-refractivity contribution in [1.29, 1.82) is 0 Å². The van der Waals surface area contributed by atoms with Crippen molar-refractivity contribution in [3.63, 3.8) is 0 Å². The molecule has 5 heteroatoms. The van der Waals surface area contributed by atoms with Crippen LogP contribution in [0.25, 0.3) is 0 Å². The van der Waals surface area contributed by atoms with Gasteiger partial charge in [-0.2, -0.15) is 5.10 Å². The molecule has 0 aliphatic rings. The summed E-state index contributed by atoms with van der Waals surface area (Å²) < 4.78 is 0. The number of rotatable bonds is 5. The molecule has 0 atom stereocenters. The number of aliphatic hydroxyl groups excluding tert-OH is 1. The van der Waals surface area contributed by atoms with Gasteiger partial charge >= 0.3 is 0 Å². The van der Waals surface area contributed by atoms with E-state index in [9.17, 15) is 4.79 Å². The molecular weight excluding hydrogens is 194 g/mol. The molecule has 0 saturated carbocycles. The zero-order valence-electron chi connectivity index (χ0n) is 9.08. The second kappa shape index (κ2) is 4.93. The summed E-state index contributed by atoms with van der Waals surface area (Å²) in [6.07, 6.45) is 1.90. The minimum atomic E-state index is -0.274. The monoisotopic (exact) mass is 211 g/mol. The van der Waals surface area contributed by atoms with Gasteiger partial charge in [-0.05, 0) is 6.07 Å². The largest absolute Gasteiger partial charge is 0.396 e. The molecule has 0 aliphatic carbocycles. The van der Waals surface area contributed by atoms with Crippen molar-refractivity contribution in [3.8, 4) is 0 Å². The van der Waals surface area contributed by atoms with Crippen LogP contribution in [0.15, 0.2) is 12.3 Å². The van der Waals surface area contributed by atoms with Crippen LogP contribution in [0.3, 0.4) is 0 Å². The molecule has 84 valence electrons. The number of nitrogens with one attached hydrogen (secondary N) is 2. The number of nitrogens with zero attached hydrogens (tertiary/aromatic N) is 1. The van der Waals surface area contributed by atoms with Gasteiger partial charge < -0.3 is 10.4 Å². The number of carbonyl (C=O) groups is 1. The molecule has 1 amide bonds. The molecule has 15 heavy (non-hydrogen) atoms. The van der Waals surface area contributed by atoms with Crippen LogP contribution in [0.2, 0.25) is 0 Å². The van der Waals surface area contributed by atoms with Crippen LogP contribution >= 0.6 is 0 Å². The molecule has 1 heterocycles. The summed E-state index contributed by atoms with van der Waals surface area (Å²) in [5.41, 5.74) is 0.512. The Hall–Kier alpha value is -1.36. The fourth-order valence-corrected chi connectivity index (χ4v) is 1.01.